The van der Waals surface area contributed by atoms with Crippen LogP contribution in [0.2, 0.25) is 0 Å². The lowest BCUT2D eigenvalue weighted by molar-refractivity contribution is 0.0748. The van der Waals surface area contributed by atoms with Crippen LogP contribution in [-0.4, -0.2) is 37.3 Å². The van der Waals surface area contributed by atoms with Crippen molar-refractivity contribution in [3.8, 4) is 0 Å². The average molecular weight is 254 g/mol. The van der Waals surface area contributed by atoms with E-state index in [0.29, 0.717) is 6.42 Å². The van der Waals surface area contributed by atoms with Crippen LogP contribution in [0, 0.1) is 5.41 Å². The third-order valence-electron chi connectivity index (χ3n) is 4.17. The Balaban J connectivity index is 1.64. The standard InChI is InChI=1S/C13H19FN2S/c14-12-1-4-15-9-13(12)3-5-16(10-13)7-11-2-6-17-8-11/h2,6,8,12,15H,1,3-5,7,9-10H2/t12-,13+/m1/s1. The van der Waals surface area contributed by atoms with Gasteiger partial charge in [-0.2, -0.15) is 11.3 Å². The lowest BCUT2D eigenvalue weighted by Gasteiger charge is -2.37. The molecule has 2 saturated heterocycles. The summed E-state index contributed by atoms with van der Waals surface area (Å²) in [5, 5.41) is 7.67. The van der Waals surface area contributed by atoms with E-state index in [1.54, 1.807) is 11.3 Å². The molecule has 1 aromatic heterocycles. The highest BCUT2D eigenvalue weighted by molar-refractivity contribution is 7.07. The van der Waals surface area contributed by atoms with Crippen LogP contribution < -0.4 is 5.32 Å². The van der Waals surface area contributed by atoms with E-state index in [1.165, 1.54) is 5.56 Å². The van der Waals surface area contributed by atoms with Crippen LogP contribution >= 0.6 is 11.3 Å². The quantitative estimate of drug-likeness (QED) is 0.871. The molecule has 0 aliphatic carbocycles. The molecular formula is C13H19FN2S. The highest BCUT2D eigenvalue weighted by Crippen LogP contribution is 2.39. The van der Waals surface area contributed by atoms with Crippen molar-refractivity contribution in [2.24, 2.45) is 5.41 Å². The van der Waals surface area contributed by atoms with E-state index in [1.807, 2.05) is 0 Å². The van der Waals surface area contributed by atoms with Crippen molar-refractivity contribution in [2.75, 3.05) is 26.2 Å². The van der Waals surface area contributed by atoms with Gasteiger partial charge >= 0.3 is 0 Å². The molecule has 4 heteroatoms. The van der Waals surface area contributed by atoms with E-state index in [2.05, 4.69) is 27.0 Å². The van der Waals surface area contributed by atoms with Gasteiger partial charge in [-0.25, -0.2) is 4.39 Å². The van der Waals surface area contributed by atoms with Gasteiger partial charge in [-0.05, 0) is 48.3 Å². The monoisotopic (exact) mass is 254 g/mol. The van der Waals surface area contributed by atoms with E-state index in [0.717, 1.165) is 39.1 Å². The van der Waals surface area contributed by atoms with Gasteiger partial charge in [0.2, 0.25) is 0 Å². The molecule has 0 amide bonds. The van der Waals surface area contributed by atoms with Gasteiger partial charge in [0.1, 0.15) is 6.17 Å². The highest BCUT2D eigenvalue weighted by atomic mass is 32.1. The molecule has 0 aromatic carbocycles. The van der Waals surface area contributed by atoms with Crippen molar-refractivity contribution in [3.63, 3.8) is 0 Å². The van der Waals surface area contributed by atoms with Crippen LogP contribution in [0.1, 0.15) is 18.4 Å². The molecule has 0 bridgehead atoms. The van der Waals surface area contributed by atoms with Gasteiger partial charge < -0.3 is 5.32 Å². The van der Waals surface area contributed by atoms with E-state index >= 15 is 0 Å². The maximum atomic E-state index is 14.1. The summed E-state index contributed by atoms with van der Waals surface area (Å²) in [7, 11) is 0. The maximum absolute atomic E-state index is 14.1. The molecule has 1 aromatic rings. The van der Waals surface area contributed by atoms with Crippen molar-refractivity contribution in [3.05, 3.63) is 22.4 Å². The van der Waals surface area contributed by atoms with Crippen LogP contribution in [-0.2, 0) is 6.54 Å². The summed E-state index contributed by atoms with van der Waals surface area (Å²) in [4.78, 5) is 2.40. The zero-order chi connectivity index (χ0) is 11.7. The predicted octanol–water partition coefficient (Wildman–Crippen LogP) is 2.27. The molecule has 1 spiro atoms. The first-order valence-corrected chi connectivity index (χ1v) is 7.31. The fourth-order valence-electron chi connectivity index (χ4n) is 3.14. The number of alkyl halides is 1. The summed E-state index contributed by atoms with van der Waals surface area (Å²) in [5.74, 6) is 0. The van der Waals surface area contributed by atoms with Crippen molar-refractivity contribution < 1.29 is 4.39 Å². The van der Waals surface area contributed by atoms with Crippen molar-refractivity contribution >= 4 is 11.3 Å². The van der Waals surface area contributed by atoms with Gasteiger partial charge in [-0.3, -0.25) is 4.90 Å². The smallest absolute Gasteiger partial charge is 0.109 e. The number of rotatable bonds is 2. The van der Waals surface area contributed by atoms with Crippen LogP contribution in [0.15, 0.2) is 16.8 Å². The molecule has 0 saturated carbocycles. The Bertz CT molecular complexity index is 368. The van der Waals surface area contributed by atoms with Gasteiger partial charge in [0, 0.05) is 25.0 Å². The lowest BCUT2D eigenvalue weighted by atomic mass is 9.78. The molecule has 1 N–H and O–H groups in total. The Morgan fingerprint density at radius 3 is 3.29 bits per heavy atom. The second-order valence-corrected chi connectivity index (χ2v) is 6.17. The van der Waals surface area contributed by atoms with Crippen LogP contribution in [0.4, 0.5) is 4.39 Å². The fourth-order valence-corrected chi connectivity index (χ4v) is 3.80. The summed E-state index contributed by atoms with van der Waals surface area (Å²) < 4.78 is 14.1. The van der Waals surface area contributed by atoms with Crippen LogP contribution in [0.5, 0.6) is 0 Å². The number of halogens is 1. The van der Waals surface area contributed by atoms with E-state index in [9.17, 15) is 4.39 Å². The van der Waals surface area contributed by atoms with Crippen molar-refractivity contribution in [1.82, 2.24) is 10.2 Å². The summed E-state index contributed by atoms with van der Waals surface area (Å²) >= 11 is 1.74. The van der Waals surface area contributed by atoms with Crippen LogP contribution in [0.25, 0.3) is 0 Å². The minimum atomic E-state index is -0.615. The second kappa shape index (κ2) is 4.67. The fraction of sp³-hybridized carbons (Fsp3) is 0.692. The molecule has 94 valence electrons. The number of hydrogen-bond acceptors (Lipinski definition) is 3. The zero-order valence-corrected chi connectivity index (χ0v) is 10.8. The van der Waals surface area contributed by atoms with Crippen molar-refractivity contribution in [2.45, 2.75) is 25.6 Å². The summed E-state index contributed by atoms with van der Waals surface area (Å²) in [6.45, 7) is 4.63. The first kappa shape index (κ1) is 11.6. The molecule has 2 fully saturated rings. The molecule has 2 aliphatic rings. The van der Waals surface area contributed by atoms with Gasteiger partial charge in [-0.1, -0.05) is 0 Å². The third kappa shape index (κ3) is 2.26. The summed E-state index contributed by atoms with van der Waals surface area (Å²) in [6.07, 6.45) is 1.08. The first-order chi connectivity index (χ1) is 8.28. The van der Waals surface area contributed by atoms with Gasteiger partial charge in [0.25, 0.3) is 0 Å². The Kier molecular flexibility index (Phi) is 3.19. The number of nitrogens with zero attached hydrogens (tertiary/aromatic N) is 1. The third-order valence-corrected chi connectivity index (χ3v) is 4.90. The summed E-state index contributed by atoms with van der Waals surface area (Å²) in [6, 6.07) is 2.17. The molecule has 2 aliphatic heterocycles. The predicted molar refractivity (Wildman–Crippen MR) is 69.0 cm³/mol. The SMILES string of the molecule is F[C@@H]1CCNC[C@]12CCN(Cc1ccsc1)C2. The second-order valence-electron chi connectivity index (χ2n) is 5.39. The minimum absolute atomic E-state index is 0.103. The minimum Gasteiger partial charge on any atom is -0.316 e. The molecule has 3 rings (SSSR count). The zero-order valence-electron chi connectivity index (χ0n) is 9.99. The first-order valence-electron chi connectivity index (χ1n) is 6.37. The van der Waals surface area contributed by atoms with Crippen molar-refractivity contribution in [1.29, 1.82) is 0 Å². The largest absolute Gasteiger partial charge is 0.316 e. The number of nitrogens with one attached hydrogen (secondary N) is 1. The van der Waals surface area contributed by atoms with Gasteiger partial charge in [-0.15, -0.1) is 0 Å². The molecule has 3 heterocycles. The Morgan fingerprint density at radius 1 is 1.59 bits per heavy atom. The van der Waals surface area contributed by atoms with Crippen LogP contribution in [0.3, 0.4) is 0 Å². The highest BCUT2D eigenvalue weighted by Gasteiger charge is 2.46. The number of thiophene rings is 1. The molecular weight excluding hydrogens is 235 g/mol. The molecule has 17 heavy (non-hydrogen) atoms. The maximum Gasteiger partial charge on any atom is 0.109 e. The Labute approximate surface area is 106 Å². The summed E-state index contributed by atoms with van der Waals surface area (Å²) in [5.41, 5.74) is 1.26. The normalized spacial score (nSPS) is 34.5. The topological polar surface area (TPSA) is 15.3 Å². The molecule has 0 radical (unpaired) electrons. The van der Waals surface area contributed by atoms with Gasteiger partial charge in [0.15, 0.2) is 0 Å². The molecule has 2 atom stereocenters. The Hall–Kier alpha value is -0.450. The Morgan fingerprint density at radius 2 is 2.53 bits per heavy atom. The van der Waals surface area contributed by atoms with E-state index in [4.69, 9.17) is 0 Å². The van der Waals surface area contributed by atoms with E-state index in [-0.39, 0.29) is 5.41 Å². The van der Waals surface area contributed by atoms with Gasteiger partial charge in [0.05, 0.1) is 0 Å². The lowest BCUT2D eigenvalue weighted by Crippen LogP contribution is -2.49. The number of likely N-dealkylation sites (tertiary alicyclic amines) is 1. The molecule has 2 nitrogen and oxygen atoms in total. The molecule has 0 unspecified atom stereocenters. The average Bonchev–Trinajstić information content (AvgIpc) is 2.95. The number of piperidine rings is 1. The van der Waals surface area contributed by atoms with E-state index < -0.39 is 6.17 Å². The number of hydrogen-bond donors (Lipinski definition) is 1.